The van der Waals surface area contributed by atoms with Crippen molar-refractivity contribution in [3.05, 3.63) is 23.8 Å². The van der Waals surface area contributed by atoms with E-state index in [2.05, 4.69) is 12.2 Å². The summed E-state index contributed by atoms with van der Waals surface area (Å²) in [5.74, 6) is 0. The van der Waals surface area contributed by atoms with Gasteiger partial charge in [-0.1, -0.05) is 0 Å². The predicted molar refractivity (Wildman–Crippen MR) is 63.0 cm³/mol. The van der Waals surface area contributed by atoms with Crippen molar-refractivity contribution in [3.63, 3.8) is 0 Å². The fourth-order valence-electron chi connectivity index (χ4n) is 1.89. The van der Waals surface area contributed by atoms with E-state index in [9.17, 15) is 0 Å². The molecule has 1 aromatic rings. The van der Waals surface area contributed by atoms with Crippen molar-refractivity contribution in [3.8, 4) is 6.07 Å². The lowest BCUT2D eigenvalue weighted by atomic mass is 10.1. The van der Waals surface area contributed by atoms with Gasteiger partial charge in [0.05, 0.1) is 23.4 Å². The molecule has 2 rings (SSSR count). The summed E-state index contributed by atoms with van der Waals surface area (Å²) in [6.45, 7) is 2.85. The number of ether oxygens (including phenoxy) is 1. The van der Waals surface area contributed by atoms with E-state index >= 15 is 0 Å². The smallest absolute Gasteiger partial charge is 0.101 e. The number of hydrogen-bond donors (Lipinski definition) is 2. The second-order valence-corrected chi connectivity index (χ2v) is 4.03. The fourth-order valence-corrected chi connectivity index (χ4v) is 1.89. The first-order chi connectivity index (χ1) is 7.70. The van der Waals surface area contributed by atoms with Gasteiger partial charge in [0.1, 0.15) is 6.07 Å². The third-order valence-electron chi connectivity index (χ3n) is 2.90. The molecule has 1 saturated heterocycles. The van der Waals surface area contributed by atoms with Crippen LogP contribution in [-0.2, 0) is 4.74 Å². The van der Waals surface area contributed by atoms with Crippen LogP contribution in [0.15, 0.2) is 18.2 Å². The van der Waals surface area contributed by atoms with E-state index in [1.807, 2.05) is 12.1 Å². The van der Waals surface area contributed by atoms with Crippen molar-refractivity contribution in [2.24, 2.45) is 0 Å². The van der Waals surface area contributed by atoms with Crippen LogP contribution in [0, 0.1) is 11.3 Å². The molecule has 4 nitrogen and oxygen atoms in total. The molecule has 1 aliphatic rings. The second-order valence-electron chi connectivity index (χ2n) is 4.03. The van der Waals surface area contributed by atoms with Gasteiger partial charge in [-0.05, 0) is 31.5 Å². The largest absolute Gasteiger partial charge is 0.398 e. The van der Waals surface area contributed by atoms with Crippen molar-refractivity contribution in [2.75, 3.05) is 17.7 Å². The maximum absolute atomic E-state index is 8.77. The van der Waals surface area contributed by atoms with E-state index in [1.165, 1.54) is 0 Å². The molecule has 0 saturated carbocycles. The highest BCUT2D eigenvalue weighted by atomic mass is 16.5. The Balaban J connectivity index is 2.11. The average molecular weight is 217 g/mol. The lowest BCUT2D eigenvalue weighted by Gasteiger charge is -2.17. The zero-order chi connectivity index (χ0) is 11.5. The first-order valence-electron chi connectivity index (χ1n) is 5.38. The second kappa shape index (κ2) is 4.42. The molecule has 1 aromatic carbocycles. The SMILES string of the molecule is CC1OCCC1Nc1ccc(C#N)c(N)c1. The molecule has 3 N–H and O–H groups in total. The number of benzene rings is 1. The highest BCUT2D eigenvalue weighted by Gasteiger charge is 2.23. The number of nitrogens with one attached hydrogen (secondary N) is 1. The van der Waals surface area contributed by atoms with Gasteiger partial charge in [-0.2, -0.15) is 5.26 Å². The predicted octanol–water partition coefficient (Wildman–Crippen LogP) is 1.73. The van der Waals surface area contributed by atoms with Crippen molar-refractivity contribution < 1.29 is 4.74 Å². The Labute approximate surface area is 95.0 Å². The summed E-state index contributed by atoms with van der Waals surface area (Å²) >= 11 is 0. The van der Waals surface area contributed by atoms with Gasteiger partial charge in [-0.15, -0.1) is 0 Å². The van der Waals surface area contributed by atoms with Crippen LogP contribution in [-0.4, -0.2) is 18.8 Å². The summed E-state index contributed by atoms with van der Waals surface area (Å²) in [7, 11) is 0. The van der Waals surface area contributed by atoms with Crippen molar-refractivity contribution in [2.45, 2.75) is 25.5 Å². The number of nitriles is 1. The third kappa shape index (κ3) is 2.10. The van der Waals surface area contributed by atoms with Crippen molar-refractivity contribution >= 4 is 11.4 Å². The van der Waals surface area contributed by atoms with Crippen LogP contribution in [0.3, 0.4) is 0 Å². The lowest BCUT2D eigenvalue weighted by Crippen LogP contribution is -2.26. The van der Waals surface area contributed by atoms with Crippen molar-refractivity contribution in [1.82, 2.24) is 0 Å². The van der Waals surface area contributed by atoms with E-state index in [0.29, 0.717) is 17.3 Å². The number of nitrogens with zero attached hydrogens (tertiary/aromatic N) is 1. The van der Waals surface area contributed by atoms with E-state index in [0.717, 1.165) is 18.7 Å². The zero-order valence-electron chi connectivity index (χ0n) is 9.23. The number of hydrogen-bond acceptors (Lipinski definition) is 4. The van der Waals surface area contributed by atoms with Gasteiger partial charge in [-0.3, -0.25) is 0 Å². The van der Waals surface area contributed by atoms with Gasteiger partial charge in [0.2, 0.25) is 0 Å². The Bertz CT molecular complexity index is 425. The first-order valence-corrected chi connectivity index (χ1v) is 5.38. The van der Waals surface area contributed by atoms with Gasteiger partial charge in [0.25, 0.3) is 0 Å². The number of rotatable bonds is 2. The van der Waals surface area contributed by atoms with Gasteiger partial charge in [-0.25, -0.2) is 0 Å². The Kier molecular flexibility index (Phi) is 2.97. The monoisotopic (exact) mass is 217 g/mol. The van der Waals surface area contributed by atoms with Crippen LogP contribution in [0.1, 0.15) is 18.9 Å². The molecular weight excluding hydrogens is 202 g/mol. The molecule has 1 heterocycles. The Morgan fingerprint density at radius 1 is 1.56 bits per heavy atom. The number of nitrogens with two attached hydrogens (primary N) is 1. The minimum Gasteiger partial charge on any atom is -0.398 e. The quantitative estimate of drug-likeness (QED) is 0.740. The summed E-state index contributed by atoms with van der Waals surface area (Å²) in [4.78, 5) is 0. The molecule has 0 radical (unpaired) electrons. The lowest BCUT2D eigenvalue weighted by molar-refractivity contribution is 0.121. The van der Waals surface area contributed by atoms with Gasteiger partial charge < -0.3 is 15.8 Å². The topological polar surface area (TPSA) is 71.1 Å². The maximum atomic E-state index is 8.77. The van der Waals surface area contributed by atoms with Gasteiger partial charge in [0.15, 0.2) is 0 Å². The minimum atomic E-state index is 0.219. The molecule has 4 heteroatoms. The van der Waals surface area contributed by atoms with Gasteiger partial charge in [0, 0.05) is 12.3 Å². The molecular formula is C12H15N3O. The van der Waals surface area contributed by atoms with E-state index in [4.69, 9.17) is 15.7 Å². The molecule has 16 heavy (non-hydrogen) atoms. The van der Waals surface area contributed by atoms with Crippen LogP contribution in [0.5, 0.6) is 0 Å². The molecule has 2 unspecified atom stereocenters. The van der Waals surface area contributed by atoms with E-state index < -0.39 is 0 Å². The summed E-state index contributed by atoms with van der Waals surface area (Å²) in [5, 5.41) is 12.1. The Hall–Kier alpha value is -1.73. The first kappa shape index (κ1) is 10.8. The van der Waals surface area contributed by atoms with Gasteiger partial charge >= 0.3 is 0 Å². The minimum absolute atomic E-state index is 0.219. The Morgan fingerprint density at radius 2 is 2.38 bits per heavy atom. The number of nitrogen functional groups attached to an aromatic ring is 1. The highest BCUT2D eigenvalue weighted by molar-refractivity contribution is 5.63. The maximum Gasteiger partial charge on any atom is 0.101 e. The summed E-state index contributed by atoms with van der Waals surface area (Å²) in [5.41, 5.74) is 7.72. The fraction of sp³-hybridized carbons (Fsp3) is 0.417. The van der Waals surface area contributed by atoms with Crippen LogP contribution < -0.4 is 11.1 Å². The molecule has 0 aliphatic carbocycles. The standard InChI is InChI=1S/C12H15N3O/c1-8-12(4-5-16-8)15-10-3-2-9(7-13)11(14)6-10/h2-3,6,8,12,15H,4-5,14H2,1H3. The Morgan fingerprint density at radius 3 is 2.94 bits per heavy atom. The van der Waals surface area contributed by atoms with Crippen LogP contribution in [0.25, 0.3) is 0 Å². The molecule has 0 bridgehead atoms. The molecule has 0 spiro atoms. The third-order valence-corrected chi connectivity index (χ3v) is 2.90. The zero-order valence-corrected chi connectivity index (χ0v) is 9.23. The molecule has 1 aliphatic heterocycles. The van der Waals surface area contributed by atoms with Crippen LogP contribution in [0.4, 0.5) is 11.4 Å². The van der Waals surface area contributed by atoms with E-state index in [-0.39, 0.29) is 6.10 Å². The molecule has 84 valence electrons. The molecule has 2 atom stereocenters. The highest BCUT2D eigenvalue weighted by Crippen LogP contribution is 2.22. The summed E-state index contributed by atoms with van der Waals surface area (Å²) in [6.07, 6.45) is 1.22. The van der Waals surface area contributed by atoms with Crippen molar-refractivity contribution in [1.29, 1.82) is 5.26 Å². The summed E-state index contributed by atoms with van der Waals surface area (Å²) in [6, 6.07) is 7.78. The summed E-state index contributed by atoms with van der Waals surface area (Å²) < 4.78 is 5.47. The van der Waals surface area contributed by atoms with Crippen LogP contribution >= 0.6 is 0 Å². The normalized spacial score (nSPS) is 24.0. The molecule has 1 fully saturated rings. The van der Waals surface area contributed by atoms with E-state index in [1.54, 1.807) is 12.1 Å². The average Bonchev–Trinajstić information content (AvgIpc) is 2.65. The van der Waals surface area contributed by atoms with Crippen LogP contribution in [0.2, 0.25) is 0 Å². The number of anilines is 2. The molecule has 0 amide bonds. The molecule has 0 aromatic heterocycles.